The third-order valence-electron chi connectivity index (χ3n) is 5.39. The van der Waals surface area contributed by atoms with E-state index in [4.69, 9.17) is 11.6 Å². The van der Waals surface area contributed by atoms with Gasteiger partial charge in [-0.1, -0.05) is 35.9 Å². The molecule has 0 bridgehead atoms. The van der Waals surface area contributed by atoms with Gasteiger partial charge in [0, 0.05) is 31.1 Å². The van der Waals surface area contributed by atoms with E-state index in [-0.39, 0.29) is 24.8 Å². The molecule has 2 aromatic carbocycles. The van der Waals surface area contributed by atoms with Crippen molar-refractivity contribution in [3.05, 3.63) is 64.7 Å². The molecule has 0 saturated carbocycles. The van der Waals surface area contributed by atoms with Crippen LogP contribution >= 0.6 is 11.6 Å². The molecule has 9 heteroatoms. The molecule has 0 aromatic heterocycles. The van der Waals surface area contributed by atoms with Crippen LogP contribution in [0.1, 0.15) is 37.8 Å². The fraction of sp³-hybridized carbons (Fsp3) is 0.417. The third kappa shape index (κ3) is 7.75. The van der Waals surface area contributed by atoms with Crippen LogP contribution in [0.5, 0.6) is 0 Å². The monoisotopic (exact) mass is 493 g/mol. The van der Waals surface area contributed by atoms with Gasteiger partial charge in [0.1, 0.15) is 6.04 Å². The zero-order chi connectivity index (χ0) is 24.6. The summed E-state index contributed by atoms with van der Waals surface area (Å²) < 4.78 is 25.9. The van der Waals surface area contributed by atoms with Gasteiger partial charge >= 0.3 is 0 Å². The zero-order valence-electron chi connectivity index (χ0n) is 19.5. The van der Waals surface area contributed by atoms with E-state index in [1.807, 2.05) is 38.1 Å². The standard InChI is InChI=1S/C24H32ClN3O4S/c1-5-26-24(30)19(3)27(17-20-10-7-6-9-18(20)2)23(29)11-8-16-28(33(4,31)32)22-14-12-21(25)13-15-22/h6-7,9-10,12-15,19H,5,8,11,16-17H2,1-4H3,(H,26,30)/t19-/m1/s1. The molecule has 2 aromatic rings. The number of nitrogens with one attached hydrogen (secondary N) is 1. The van der Waals surface area contributed by atoms with Gasteiger partial charge in [-0.25, -0.2) is 8.42 Å². The van der Waals surface area contributed by atoms with Crippen molar-refractivity contribution in [1.29, 1.82) is 0 Å². The summed E-state index contributed by atoms with van der Waals surface area (Å²) in [5.41, 5.74) is 2.48. The number of carbonyl (C=O) groups is 2. The Balaban J connectivity index is 2.15. The van der Waals surface area contributed by atoms with Crippen LogP contribution in [0.25, 0.3) is 0 Å². The highest BCUT2D eigenvalue weighted by Crippen LogP contribution is 2.21. The van der Waals surface area contributed by atoms with E-state index in [1.165, 1.54) is 4.31 Å². The molecule has 0 radical (unpaired) electrons. The van der Waals surface area contributed by atoms with Gasteiger partial charge < -0.3 is 10.2 Å². The second kappa shape index (κ2) is 12.0. The lowest BCUT2D eigenvalue weighted by molar-refractivity contribution is -0.140. The minimum absolute atomic E-state index is 0.106. The van der Waals surface area contributed by atoms with Crippen LogP contribution in [0, 0.1) is 6.92 Å². The number of aryl methyl sites for hydroxylation is 1. The van der Waals surface area contributed by atoms with Gasteiger partial charge in [0.05, 0.1) is 11.9 Å². The molecule has 2 amide bonds. The molecule has 0 heterocycles. The first-order valence-electron chi connectivity index (χ1n) is 10.9. The van der Waals surface area contributed by atoms with Crippen molar-refractivity contribution >= 4 is 39.1 Å². The predicted octanol–water partition coefficient (Wildman–Crippen LogP) is 3.75. The van der Waals surface area contributed by atoms with Crippen molar-refractivity contribution in [1.82, 2.24) is 10.2 Å². The molecule has 0 fully saturated rings. The van der Waals surface area contributed by atoms with Gasteiger partial charge in [-0.05, 0) is 62.6 Å². The summed E-state index contributed by atoms with van der Waals surface area (Å²) in [6.45, 7) is 6.41. The smallest absolute Gasteiger partial charge is 0.242 e. The van der Waals surface area contributed by atoms with Crippen molar-refractivity contribution in [3.63, 3.8) is 0 Å². The Morgan fingerprint density at radius 1 is 1.09 bits per heavy atom. The Morgan fingerprint density at radius 2 is 1.73 bits per heavy atom. The molecular weight excluding hydrogens is 462 g/mol. The Bertz CT molecular complexity index is 1060. The average Bonchev–Trinajstić information content (AvgIpc) is 2.75. The number of halogens is 1. The Morgan fingerprint density at radius 3 is 2.30 bits per heavy atom. The maximum atomic E-state index is 13.2. The summed E-state index contributed by atoms with van der Waals surface area (Å²) in [6, 6.07) is 13.6. The topological polar surface area (TPSA) is 86.8 Å². The molecule has 0 unspecified atom stereocenters. The van der Waals surface area contributed by atoms with E-state index in [0.29, 0.717) is 30.2 Å². The molecular formula is C24H32ClN3O4S. The maximum absolute atomic E-state index is 13.2. The van der Waals surface area contributed by atoms with Crippen molar-refractivity contribution in [2.24, 2.45) is 0 Å². The number of carbonyl (C=O) groups excluding carboxylic acids is 2. The first-order valence-corrected chi connectivity index (χ1v) is 13.1. The van der Waals surface area contributed by atoms with Crippen molar-refractivity contribution in [3.8, 4) is 0 Å². The summed E-state index contributed by atoms with van der Waals surface area (Å²) in [7, 11) is -3.54. The van der Waals surface area contributed by atoms with Crippen LogP contribution in [-0.2, 0) is 26.2 Å². The van der Waals surface area contributed by atoms with Crippen molar-refractivity contribution < 1.29 is 18.0 Å². The van der Waals surface area contributed by atoms with Gasteiger partial charge in [0.2, 0.25) is 21.8 Å². The molecule has 0 aliphatic heterocycles. The Labute approximate surface area is 201 Å². The third-order valence-corrected chi connectivity index (χ3v) is 6.83. The Kier molecular flexibility index (Phi) is 9.73. The zero-order valence-corrected chi connectivity index (χ0v) is 21.1. The van der Waals surface area contributed by atoms with Crippen molar-refractivity contribution in [2.75, 3.05) is 23.7 Å². The minimum Gasteiger partial charge on any atom is -0.355 e. The average molecular weight is 494 g/mol. The number of sulfonamides is 1. The van der Waals surface area contributed by atoms with Crippen LogP contribution in [-0.4, -0.2) is 50.5 Å². The van der Waals surface area contributed by atoms with E-state index in [2.05, 4.69) is 5.32 Å². The summed E-state index contributed by atoms with van der Waals surface area (Å²) in [4.78, 5) is 27.2. The first-order chi connectivity index (χ1) is 15.5. The fourth-order valence-electron chi connectivity index (χ4n) is 3.49. The number of anilines is 1. The molecule has 0 aliphatic rings. The summed E-state index contributed by atoms with van der Waals surface area (Å²) in [5.74, 6) is -0.431. The molecule has 33 heavy (non-hydrogen) atoms. The van der Waals surface area contributed by atoms with E-state index in [9.17, 15) is 18.0 Å². The second-order valence-electron chi connectivity index (χ2n) is 7.93. The van der Waals surface area contributed by atoms with E-state index < -0.39 is 16.1 Å². The highest BCUT2D eigenvalue weighted by molar-refractivity contribution is 7.92. The number of hydrogen-bond acceptors (Lipinski definition) is 4. The quantitative estimate of drug-likeness (QED) is 0.516. The summed E-state index contributed by atoms with van der Waals surface area (Å²) in [6.07, 6.45) is 1.54. The number of nitrogens with zero attached hydrogens (tertiary/aromatic N) is 2. The Hall–Kier alpha value is -2.58. The highest BCUT2D eigenvalue weighted by atomic mass is 35.5. The van der Waals surface area contributed by atoms with Gasteiger partial charge in [-0.2, -0.15) is 0 Å². The van der Waals surface area contributed by atoms with Crippen LogP contribution in [0.4, 0.5) is 5.69 Å². The van der Waals surface area contributed by atoms with Gasteiger partial charge in [-0.3, -0.25) is 13.9 Å². The molecule has 0 aliphatic carbocycles. The molecule has 7 nitrogen and oxygen atoms in total. The number of amides is 2. The molecule has 0 saturated heterocycles. The number of rotatable bonds is 11. The van der Waals surface area contributed by atoms with Crippen molar-refractivity contribution in [2.45, 2.75) is 46.2 Å². The number of likely N-dealkylation sites (N-methyl/N-ethyl adjacent to an activating group) is 1. The molecule has 1 atom stereocenters. The molecule has 2 rings (SSSR count). The van der Waals surface area contributed by atoms with E-state index in [0.717, 1.165) is 17.4 Å². The fourth-order valence-corrected chi connectivity index (χ4v) is 4.58. The van der Waals surface area contributed by atoms with Gasteiger partial charge in [0.25, 0.3) is 0 Å². The minimum atomic E-state index is -3.54. The van der Waals surface area contributed by atoms with E-state index in [1.54, 1.807) is 36.1 Å². The summed E-state index contributed by atoms with van der Waals surface area (Å²) >= 11 is 5.92. The maximum Gasteiger partial charge on any atom is 0.242 e. The lowest BCUT2D eigenvalue weighted by atomic mass is 10.1. The SMILES string of the molecule is CCNC(=O)[C@@H](C)N(Cc1ccccc1C)C(=O)CCCN(c1ccc(Cl)cc1)S(C)(=O)=O. The van der Waals surface area contributed by atoms with Crippen LogP contribution in [0.2, 0.25) is 5.02 Å². The number of benzene rings is 2. The van der Waals surface area contributed by atoms with Gasteiger partial charge in [-0.15, -0.1) is 0 Å². The normalized spacial score (nSPS) is 12.2. The predicted molar refractivity (Wildman–Crippen MR) is 133 cm³/mol. The first kappa shape index (κ1) is 26.7. The lowest BCUT2D eigenvalue weighted by Gasteiger charge is -2.30. The van der Waals surface area contributed by atoms with Crippen LogP contribution < -0.4 is 9.62 Å². The molecule has 1 N–H and O–H groups in total. The van der Waals surface area contributed by atoms with Gasteiger partial charge in [0.15, 0.2) is 0 Å². The molecule has 0 spiro atoms. The van der Waals surface area contributed by atoms with Crippen LogP contribution in [0.3, 0.4) is 0 Å². The second-order valence-corrected chi connectivity index (χ2v) is 10.3. The summed E-state index contributed by atoms with van der Waals surface area (Å²) in [5, 5.41) is 3.28. The molecule has 180 valence electrons. The number of hydrogen-bond donors (Lipinski definition) is 1. The van der Waals surface area contributed by atoms with Crippen LogP contribution in [0.15, 0.2) is 48.5 Å². The lowest BCUT2D eigenvalue weighted by Crippen LogP contribution is -2.47. The largest absolute Gasteiger partial charge is 0.355 e. The highest BCUT2D eigenvalue weighted by Gasteiger charge is 2.26. The van der Waals surface area contributed by atoms with E-state index >= 15 is 0 Å².